The summed E-state index contributed by atoms with van der Waals surface area (Å²) in [6.07, 6.45) is -3.31. The zero-order chi connectivity index (χ0) is 19.8. The Morgan fingerprint density at radius 2 is 1.68 bits per heavy atom. The Morgan fingerprint density at radius 3 is 2.39 bits per heavy atom. The fraction of sp³-hybridized carbons (Fsp3) is 0.364. The van der Waals surface area contributed by atoms with E-state index in [1.54, 1.807) is 4.57 Å². The molecule has 2 aromatic carbocycles. The van der Waals surface area contributed by atoms with Crippen LogP contribution in [0.1, 0.15) is 22.9 Å². The number of aliphatic hydroxyl groups is 4. The van der Waals surface area contributed by atoms with E-state index in [2.05, 4.69) is 12.1 Å². The summed E-state index contributed by atoms with van der Waals surface area (Å²) < 4.78 is 7.58. The first-order valence-electron chi connectivity index (χ1n) is 9.44. The van der Waals surface area contributed by atoms with Crippen molar-refractivity contribution in [2.45, 2.75) is 44.0 Å². The molecule has 0 aliphatic carbocycles. The molecule has 1 aliphatic rings. The van der Waals surface area contributed by atoms with Gasteiger partial charge in [-0.15, -0.1) is 0 Å². The van der Waals surface area contributed by atoms with Crippen molar-refractivity contribution in [2.75, 3.05) is 6.61 Å². The van der Waals surface area contributed by atoms with Crippen molar-refractivity contribution in [3.8, 4) is 0 Å². The van der Waals surface area contributed by atoms with Crippen LogP contribution in [0.4, 0.5) is 0 Å². The Hall–Kier alpha value is -2.22. The van der Waals surface area contributed by atoms with Crippen molar-refractivity contribution in [3.63, 3.8) is 0 Å². The maximum atomic E-state index is 10.6. The fourth-order valence-corrected chi connectivity index (χ4v) is 4.06. The second-order valence-corrected chi connectivity index (χ2v) is 7.41. The van der Waals surface area contributed by atoms with Gasteiger partial charge in [0.15, 0.2) is 6.23 Å². The molecule has 1 fully saturated rings. The van der Waals surface area contributed by atoms with Crippen LogP contribution in [0.2, 0.25) is 0 Å². The van der Waals surface area contributed by atoms with Crippen LogP contribution in [0.15, 0.2) is 54.7 Å². The molecule has 0 saturated carbocycles. The van der Waals surface area contributed by atoms with Crippen LogP contribution in [-0.2, 0) is 11.2 Å². The third-order valence-corrected chi connectivity index (χ3v) is 5.52. The summed E-state index contributed by atoms with van der Waals surface area (Å²) in [5.74, 6) is 0. The second-order valence-electron chi connectivity index (χ2n) is 7.41. The van der Waals surface area contributed by atoms with Gasteiger partial charge in [-0.1, -0.05) is 42.5 Å². The van der Waals surface area contributed by atoms with E-state index in [1.807, 2.05) is 49.5 Å². The van der Waals surface area contributed by atoms with E-state index in [-0.39, 0.29) is 0 Å². The number of nitrogens with zero attached hydrogens (tertiary/aromatic N) is 1. The molecule has 6 heteroatoms. The lowest BCUT2D eigenvalue weighted by Gasteiger charge is -2.40. The number of aromatic nitrogens is 1. The number of ether oxygens (including phenoxy) is 1. The number of aryl methyl sites for hydroxylation is 1. The molecule has 4 rings (SSSR count). The molecular weight excluding hydrogens is 358 g/mol. The van der Waals surface area contributed by atoms with Gasteiger partial charge in [0.25, 0.3) is 0 Å². The van der Waals surface area contributed by atoms with Gasteiger partial charge in [0.05, 0.1) is 12.1 Å². The third kappa shape index (κ3) is 3.23. The first kappa shape index (κ1) is 19.1. The van der Waals surface area contributed by atoms with Gasteiger partial charge in [-0.3, -0.25) is 0 Å². The molecule has 5 atom stereocenters. The Balaban J connectivity index is 1.80. The minimum atomic E-state index is -1.41. The highest BCUT2D eigenvalue weighted by molar-refractivity contribution is 5.87. The number of rotatable bonds is 4. The highest BCUT2D eigenvalue weighted by Crippen LogP contribution is 2.35. The van der Waals surface area contributed by atoms with Crippen molar-refractivity contribution < 1.29 is 25.2 Å². The first-order valence-corrected chi connectivity index (χ1v) is 9.44. The average Bonchev–Trinajstić information content (AvgIpc) is 3.07. The number of hydrogen-bond donors (Lipinski definition) is 4. The van der Waals surface area contributed by atoms with Gasteiger partial charge in [-0.05, 0) is 36.1 Å². The molecule has 0 radical (unpaired) electrons. The molecule has 0 unspecified atom stereocenters. The molecule has 1 saturated heterocycles. The predicted molar refractivity (Wildman–Crippen MR) is 105 cm³/mol. The lowest BCUT2D eigenvalue weighted by Crippen LogP contribution is -2.56. The Labute approximate surface area is 163 Å². The summed E-state index contributed by atoms with van der Waals surface area (Å²) in [6.45, 7) is 1.59. The lowest BCUT2D eigenvalue weighted by atomic mass is 9.98. The van der Waals surface area contributed by atoms with Crippen molar-refractivity contribution in [2.24, 2.45) is 0 Å². The lowest BCUT2D eigenvalue weighted by molar-refractivity contribution is -0.250. The van der Waals surface area contributed by atoms with Crippen LogP contribution in [0, 0.1) is 6.92 Å². The smallest absolute Gasteiger partial charge is 0.163 e. The number of fused-ring (bicyclic) bond motifs is 1. The standard InChI is InChI=1S/C22H25NO5/c1-13-6-5-9-16-18(13)15(10-14-7-3-2-4-8-14)11-23(16)22-21(27)20(26)19(25)17(12-24)28-22/h2-9,11,17,19-22,24-27H,10,12H2,1H3/t17-,19-,20+,21-,22-/m1/s1. The van der Waals surface area contributed by atoms with Gasteiger partial charge in [-0.25, -0.2) is 0 Å². The molecule has 2 heterocycles. The summed E-state index contributed by atoms with van der Waals surface area (Å²) in [7, 11) is 0. The van der Waals surface area contributed by atoms with Crippen LogP contribution in [0.3, 0.4) is 0 Å². The third-order valence-electron chi connectivity index (χ3n) is 5.52. The quantitative estimate of drug-likeness (QED) is 0.548. The molecule has 28 heavy (non-hydrogen) atoms. The first-order chi connectivity index (χ1) is 13.5. The Morgan fingerprint density at radius 1 is 0.929 bits per heavy atom. The van der Waals surface area contributed by atoms with E-state index >= 15 is 0 Å². The molecular formula is C22H25NO5. The van der Waals surface area contributed by atoms with Crippen molar-refractivity contribution in [3.05, 3.63) is 71.4 Å². The molecule has 3 aromatic rings. The SMILES string of the molecule is Cc1cccc2c1c(Cc1ccccc1)cn2[C@@H]1O[C@H](CO)[C@@H](O)[C@H](O)[C@H]1O. The normalized spacial score (nSPS) is 28.0. The van der Waals surface area contributed by atoms with Gasteiger partial charge in [0, 0.05) is 11.6 Å². The molecule has 1 aromatic heterocycles. The van der Waals surface area contributed by atoms with Crippen LogP contribution in [-0.4, -0.2) is 56.0 Å². The largest absolute Gasteiger partial charge is 0.394 e. The number of aliphatic hydroxyl groups excluding tert-OH is 4. The topological polar surface area (TPSA) is 95.1 Å². The summed E-state index contributed by atoms with van der Waals surface area (Å²) in [5.41, 5.74) is 4.22. The Bertz CT molecular complexity index is 952. The zero-order valence-electron chi connectivity index (χ0n) is 15.6. The van der Waals surface area contributed by atoms with E-state index in [9.17, 15) is 20.4 Å². The van der Waals surface area contributed by atoms with E-state index in [4.69, 9.17) is 4.74 Å². The van der Waals surface area contributed by atoms with Gasteiger partial charge < -0.3 is 29.7 Å². The summed E-state index contributed by atoms with van der Waals surface area (Å²) in [4.78, 5) is 0. The maximum Gasteiger partial charge on any atom is 0.163 e. The fourth-order valence-electron chi connectivity index (χ4n) is 4.06. The average molecular weight is 383 g/mol. The zero-order valence-corrected chi connectivity index (χ0v) is 15.6. The maximum absolute atomic E-state index is 10.6. The van der Waals surface area contributed by atoms with Gasteiger partial charge in [0.2, 0.25) is 0 Å². The van der Waals surface area contributed by atoms with E-state index in [1.165, 1.54) is 5.56 Å². The van der Waals surface area contributed by atoms with Crippen LogP contribution in [0.5, 0.6) is 0 Å². The van der Waals surface area contributed by atoms with Gasteiger partial charge >= 0.3 is 0 Å². The van der Waals surface area contributed by atoms with Crippen molar-refractivity contribution in [1.29, 1.82) is 0 Å². The Kier molecular flexibility index (Phi) is 5.23. The molecule has 148 valence electrons. The van der Waals surface area contributed by atoms with Crippen molar-refractivity contribution >= 4 is 10.9 Å². The predicted octanol–water partition coefficient (Wildman–Crippen LogP) is 1.51. The minimum Gasteiger partial charge on any atom is -0.394 e. The summed E-state index contributed by atoms with van der Waals surface area (Å²) >= 11 is 0. The molecule has 6 nitrogen and oxygen atoms in total. The summed E-state index contributed by atoms with van der Waals surface area (Å²) in [6, 6.07) is 16.0. The van der Waals surface area contributed by atoms with Crippen LogP contribution in [0.25, 0.3) is 10.9 Å². The van der Waals surface area contributed by atoms with Crippen molar-refractivity contribution in [1.82, 2.24) is 4.57 Å². The van der Waals surface area contributed by atoms with Gasteiger partial charge in [0.1, 0.15) is 24.4 Å². The molecule has 0 amide bonds. The highest BCUT2D eigenvalue weighted by atomic mass is 16.6. The van der Waals surface area contributed by atoms with Gasteiger partial charge in [-0.2, -0.15) is 0 Å². The number of hydrogen-bond acceptors (Lipinski definition) is 5. The van der Waals surface area contributed by atoms with Crippen LogP contribution < -0.4 is 0 Å². The van der Waals surface area contributed by atoms with E-state index in [0.29, 0.717) is 6.42 Å². The highest BCUT2D eigenvalue weighted by Gasteiger charge is 2.44. The van der Waals surface area contributed by atoms with Crippen LogP contribution >= 0.6 is 0 Å². The minimum absolute atomic E-state index is 0.448. The monoisotopic (exact) mass is 383 g/mol. The summed E-state index contributed by atoms with van der Waals surface area (Å²) in [5, 5.41) is 41.4. The van der Waals surface area contributed by atoms with E-state index < -0.39 is 37.3 Å². The second kappa shape index (κ2) is 7.66. The molecule has 0 bridgehead atoms. The number of benzene rings is 2. The molecule has 1 aliphatic heterocycles. The molecule has 0 spiro atoms. The molecule has 4 N–H and O–H groups in total. The van der Waals surface area contributed by atoms with E-state index in [0.717, 1.165) is 22.0 Å².